The van der Waals surface area contributed by atoms with Crippen molar-refractivity contribution in [2.45, 2.75) is 0 Å². The Bertz CT molecular complexity index is 456. The maximum Gasteiger partial charge on any atom is 0.501 e. The summed E-state index contributed by atoms with van der Waals surface area (Å²) in [5, 5.41) is 18.1. The van der Waals surface area contributed by atoms with Crippen molar-refractivity contribution in [2.75, 3.05) is 5.73 Å². The lowest BCUT2D eigenvalue weighted by Crippen LogP contribution is -2.28. The highest BCUT2D eigenvalue weighted by molar-refractivity contribution is 7.25. The van der Waals surface area contributed by atoms with Crippen LogP contribution < -0.4 is 10.5 Å². The van der Waals surface area contributed by atoms with E-state index in [0.717, 1.165) is 10.4 Å². The molecular weight excluding hydrogens is 209 g/mol. The minimum absolute atomic E-state index is 0.397. The molecule has 2 aromatic rings. The van der Waals surface area contributed by atoms with Crippen LogP contribution in [0.15, 0.2) is 36.4 Å². The minimum atomic E-state index is -1.49. The van der Waals surface area contributed by atoms with Gasteiger partial charge >= 0.3 is 7.12 Å². The Kier molecular flexibility index (Phi) is 2.77. The summed E-state index contributed by atoms with van der Waals surface area (Å²) < 4.78 is 0.397. The first-order chi connectivity index (χ1) is 7.18. The van der Waals surface area contributed by atoms with E-state index in [4.69, 9.17) is 15.8 Å². The average molecular weight is 219 g/mol. The summed E-state index contributed by atoms with van der Waals surface area (Å²) in [5.41, 5.74) is 7.12. The van der Waals surface area contributed by atoms with Gasteiger partial charge < -0.3 is 15.8 Å². The molecule has 0 radical (unpaired) electrons. The van der Waals surface area contributed by atoms with Gasteiger partial charge in [0.1, 0.15) is 0 Å². The number of benzene rings is 1. The predicted molar refractivity (Wildman–Crippen MR) is 64.0 cm³/mol. The van der Waals surface area contributed by atoms with Gasteiger partial charge in [0, 0.05) is 10.6 Å². The van der Waals surface area contributed by atoms with Crippen molar-refractivity contribution in [3.05, 3.63) is 36.4 Å². The molecule has 2 rings (SSSR count). The van der Waals surface area contributed by atoms with Crippen molar-refractivity contribution in [3.63, 3.8) is 0 Å². The Morgan fingerprint density at radius 3 is 2.33 bits per heavy atom. The Morgan fingerprint density at radius 2 is 1.80 bits per heavy atom. The normalized spacial score (nSPS) is 10.3. The van der Waals surface area contributed by atoms with Crippen molar-refractivity contribution in [1.29, 1.82) is 0 Å². The summed E-state index contributed by atoms with van der Waals surface area (Å²) in [7, 11) is -1.49. The molecule has 0 spiro atoms. The first-order valence-corrected chi connectivity index (χ1v) is 5.31. The zero-order valence-corrected chi connectivity index (χ0v) is 8.74. The van der Waals surface area contributed by atoms with Gasteiger partial charge in [-0.1, -0.05) is 30.3 Å². The molecule has 0 aliphatic carbocycles. The lowest BCUT2D eigenvalue weighted by atomic mass is 9.88. The fourth-order valence-electron chi connectivity index (χ4n) is 1.37. The van der Waals surface area contributed by atoms with E-state index in [1.54, 1.807) is 6.07 Å². The van der Waals surface area contributed by atoms with Crippen LogP contribution in [-0.4, -0.2) is 17.2 Å². The highest BCUT2D eigenvalue weighted by Gasteiger charge is 2.18. The first kappa shape index (κ1) is 10.2. The highest BCUT2D eigenvalue weighted by Crippen LogP contribution is 2.26. The van der Waals surface area contributed by atoms with Gasteiger partial charge in [0.25, 0.3) is 0 Å². The third-order valence-electron chi connectivity index (χ3n) is 2.08. The van der Waals surface area contributed by atoms with Crippen LogP contribution >= 0.6 is 11.3 Å². The van der Waals surface area contributed by atoms with E-state index in [1.807, 2.05) is 30.3 Å². The minimum Gasteiger partial charge on any atom is -0.423 e. The Morgan fingerprint density at radius 1 is 1.13 bits per heavy atom. The molecule has 76 valence electrons. The average Bonchev–Trinajstić information content (AvgIpc) is 2.62. The third-order valence-corrected chi connectivity index (χ3v) is 3.32. The number of hydrogen-bond donors (Lipinski definition) is 3. The van der Waals surface area contributed by atoms with Crippen molar-refractivity contribution in [2.24, 2.45) is 0 Å². The molecule has 4 N–H and O–H groups in total. The van der Waals surface area contributed by atoms with Crippen molar-refractivity contribution < 1.29 is 10.0 Å². The standard InChI is InChI=1S/C10H10BNO2S/c12-8-6-9(15-10(8)11(13)14)7-4-2-1-3-5-7/h1-6,13-14H,12H2. The molecule has 0 atom stereocenters. The molecule has 1 aromatic heterocycles. The number of nitrogens with two attached hydrogens (primary N) is 1. The van der Waals surface area contributed by atoms with Gasteiger partial charge in [-0.15, -0.1) is 11.3 Å². The molecule has 0 aliphatic rings. The second-order valence-electron chi connectivity index (χ2n) is 3.17. The molecule has 1 heterocycles. The summed E-state index contributed by atoms with van der Waals surface area (Å²) >= 11 is 1.30. The van der Waals surface area contributed by atoms with Crippen molar-refractivity contribution in [3.8, 4) is 10.4 Å². The van der Waals surface area contributed by atoms with E-state index in [2.05, 4.69) is 0 Å². The van der Waals surface area contributed by atoms with E-state index < -0.39 is 7.12 Å². The summed E-state index contributed by atoms with van der Waals surface area (Å²) in [4.78, 5) is 0.941. The molecule has 0 fully saturated rings. The van der Waals surface area contributed by atoms with E-state index in [1.165, 1.54) is 11.3 Å². The van der Waals surface area contributed by atoms with Crippen LogP contribution in [-0.2, 0) is 0 Å². The van der Waals surface area contributed by atoms with Crippen molar-refractivity contribution in [1.82, 2.24) is 0 Å². The second kappa shape index (κ2) is 4.06. The molecule has 0 saturated heterocycles. The molecule has 15 heavy (non-hydrogen) atoms. The van der Waals surface area contributed by atoms with E-state index >= 15 is 0 Å². The topological polar surface area (TPSA) is 66.5 Å². The molecular formula is C10H10BNO2S. The SMILES string of the molecule is Nc1cc(-c2ccccc2)sc1B(O)O. The van der Waals surface area contributed by atoms with Crippen LogP contribution in [0.3, 0.4) is 0 Å². The Labute approximate surface area is 91.9 Å². The van der Waals surface area contributed by atoms with Crippen LogP contribution in [0.4, 0.5) is 5.69 Å². The Hall–Kier alpha value is -1.30. The van der Waals surface area contributed by atoms with Crippen LogP contribution in [0.25, 0.3) is 10.4 Å². The molecule has 0 saturated carbocycles. The number of rotatable bonds is 2. The number of nitrogen functional groups attached to an aromatic ring is 1. The van der Waals surface area contributed by atoms with Gasteiger partial charge in [0.05, 0.1) is 4.78 Å². The summed E-state index contributed by atoms with van der Waals surface area (Å²) in [6.07, 6.45) is 0. The Balaban J connectivity index is 2.43. The first-order valence-electron chi connectivity index (χ1n) is 4.49. The summed E-state index contributed by atoms with van der Waals surface area (Å²) in [6.45, 7) is 0. The molecule has 0 bridgehead atoms. The van der Waals surface area contributed by atoms with E-state index in [9.17, 15) is 0 Å². The van der Waals surface area contributed by atoms with Gasteiger partial charge in [0.15, 0.2) is 0 Å². The van der Waals surface area contributed by atoms with Gasteiger partial charge in [-0.3, -0.25) is 0 Å². The third kappa shape index (κ3) is 2.04. The van der Waals surface area contributed by atoms with Crippen LogP contribution in [0.1, 0.15) is 0 Å². The predicted octanol–water partition coefficient (Wildman–Crippen LogP) is 0.677. The quantitative estimate of drug-likeness (QED) is 0.650. The number of thiophene rings is 1. The zero-order valence-electron chi connectivity index (χ0n) is 7.92. The van der Waals surface area contributed by atoms with Gasteiger partial charge in [0.2, 0.25) is 0 Å². The van der Waals surface area contributed by atoms with Crippen LogP contribution in [0, 0.1) is 0 Å². The van der Waals surface area contributed by atoms with Gasteiger partial charge in [-0.2, -0.15) is 0 Å². The van der Waals surface area contributed by atoms with Crippen molar-refractivity contribution >= 4 is 28.9 Å². The molecule has 0 unspecified atom stereocenters. The smallest absolute Gasteiger partial charge is 0.423 e. The highest BCUT2D eigenvalue weighted by atomic mass is 32.1. The lowest BCUT2D eigenvalue weighted by molar-refractivity contribution is 0.427. The molecule has 3 nitrogen and oxygen atoms in total. The second-order valence-corrected chi connectivity index (χ2v) is 4.25. The zero-order chi connectivity index (χ0) is 10.8. The fourth-order valence-corrected chi connectivity index (χ4v) is 2.32. The number of anilines is 1. The monoisotopic (exact) mass is 219 g/mol. The van der Waals surface area contributed by atoms with Crippen LogP contribution in [0.2, 0.25) is 0 Å². The lowest BCUT2D eigenvalue weighted by Gasteiger charge is -1.95. The van der Waals surface area contributed by atoms with E-state index in [-0.39, 0.29) is 0 Å². The fraction of sp³-hybridized carbons (Fsp3) is 0. The van der Waals surface area contributed by atoms with Gasteiger partial charge in [-0.25, -0.2) is 0 Å². The van der Waals surface area contributed by atoms with Gasteiger partial charge in [-0.05, 0) is 11.6 Å². The maximum absolute atomic E-state index is 9.05. The number of hydrogen-bond acceptors (Lipinski definition) is 4. The summed E-state index contributed by atoms with van der Waals surface area (Å²) in [6, 6.07) is 11.5. The largest absolute Gasteiger partial charge is 0.501 e. The molecule has 5 heteroatoms. The molecule has 0 aliphatic heterocycles. The maximum atomic E-state index is 9.05. The van der Waals surface area contributed by atoms with Crippen LogP contribution in [0.5, 0.6) is 0 Å². The summed E-state index contributed by atoms with van der Waals surface area (Å²) in [5.74, 6) is 0. The molecule has 0 amide bonds. The van der Waals surface area contributed by atoms with E-state index in [0.29, 0.717) is 10.5 Å². The molecule has 1 aromatic carbocycles.